The van der Waals surface area contributed by atoms with Crippen molar-refractivity contribution in [2.24, 2.45) is 23.7 Å². The fourth-order valence-corrected chi connectivity index (χ4v) is 5.47. The largest absolute Gasteiger partial charge is 0.392 e. The van der Waals surface area contributed by atoms with Gasteiger partial charge in [-0.25, -0.2) is 0 Å². The maximum atomic E-state index is 12.8. The number of nitrogens with one attached hydrogen (secondary N) is 1. The molecule has 2 N–H and O–H groups in total. The Kier molecular flexibility index (Phi) is 9.73. The van der Waals surface area contributed by atoms with Gasteiger partial charge in [-0.05, 0) is 81.6 Å². The van der Waals surface area contributed by atoms with Crippen molar-refractivity contribution in [3.05, 3.63) is 47.5 Å². The summed E-state index contributed by atoms with van der Waals surface area (Å²) in [5.41, 5.74) is 2.62. The Bertz CT molecular complexity index is 798. The van der Waals surface area contributed by atoms with E-state index in [0.717, 1.165) is 51.4 Å². The van der Waals surface area contributed by atoms with Crippen molar-refractivity contribution in [1.29, 1.82) is 0 Å². The molecule has 4 nitrogen and oxygen atoms in total. The van der Waals surface area contributed by atoms with Gasteiger partial charge in [-0.1, -0.05) is 55.8 Å². The molecule has 0 bridgehead atoms. The number of aliphatic hydroxyl groups is 1. The van der Waals surface area contributed by atoms with Gasteiger partial charge in [0, 0.05) is 24.8 Å². The minimum absolute atomic E-state index is 0.0157. The van der Waals surface area contributed by atoms with Gasteiger partial charge in [0.2, 0.25) is 5.91 Å². The number of amides is 1. The highest BCUT2D eigenvalue weighted by molar-refractivity contribution is 5.84. The molecule has 2 fully saturated rings. The number of carbonyl (C=O) groups excluding carboxylic acids is 2. The van der Waals surface area contributed by atoms with Crippen LogP contribution in [0, 0.1) is 23.7 Å². The van der Waals surface area contributed by atoms with Crippen molar-refractivity contribution in [1.82, 2.24) is 5.32 Å². The molecular formula is C29H43NO3. The molecule has 0 spiro atoms. The monoisotopic (exact) mass is 453 g/mol. The van der Waals surface area contributed by atoms with Crippen LogP contribution in [-0.4, -0.2) is 28.9 Å². The summed E-state index contributed by atoms with van der Waals surface area (Å²) in [5, 5.41) is 13.7. The molecule has 1 aromatic rings. The fourth-order valence-electron chi connectivity index (χ4n) is 5.47. The first-order valence-electron chi connectivity index (χ1n) is 13.0. The van der Waals surface area contributed by atoms with Crippen LogP contribution in [0.25, 0.3) is 0 Å². The molecule has 0 saturated heterocycles. The number of Topliss-reactive ketones (excluding diaryl/α,β-unsaturated/α-hetero) is 1. The topological polar surface area (TPSA) is 66.4 Å². The van der Waals surface area contributed by atoms with E-state index in [1.54, 1.807) is 0 Å². The van der Waals surface area contributed by atoms with Gasteiger partial charge in [0.15, 0.2) is 0 Å². The van der Waals surface area contributed by atoms with Crippen molar-refractivity contribution in [3.63, 3.8) is 0 Å². The molecule has 4 heteroatoms. The zero-order valence-electron chi connectivity index (χ0n) is 20.8. The first kappa shape index (κ1) is 25.7. The lowest BCUT2D eigenvalue weighted by atomic mass is 9.77. The average Bonchev–Trinajstić information content (AvgIpc) is 3.54. The van der Waals surface area contributed by atoms with Crippen LogP contribution in [0.3, 0.4) is 0 Å². The van der Waals surface area contributed by atoms with E-state index in [-0.39, 0.29) is 29.4 Å². The normalized spacial score (nSPS) is 25.2. The Morgan fingerprint density at radius 2 is 1.91 bits per heavy atom. The van der Waals surface area contributed by atoms with Gasteiger partial charge in [0.1, 0.15) is 5.78 Å². The van der Waals surface area contributed by atoms with Crippen molar-refractivity contribution in [2.75, 3.05) is 0 Å². The van der Waals surface area contributed by atoms with Crippen molar-refractivity contribution in [2.45, 2.75) is 97.1 Å². The molecule has 0 unspecified atom stereocenters. The second kappa shape index (κ2) is 12.5. The summed E-state index contributed by atoms with van der Waals surface area (Å²) in [7, 11) is 0. The summed E-state index contributed by atoms with van der Waals surface area (Å²) in [4.78, 5) is 24.6. The number of carbonyl (C=O) groups is 2. The van der Waals surface area contributed by atoms with E-state index >= 15 is 0 Å². The molecule has 3 rings (SSSR count). The molecule has 0 aromatic heterocycles. The minimum Gasteiger partial charge on any atom is -0.392 e. The van der Waals surface area contributed by atoms with E-state index < -0.39 is 6.10 Å². The Morgan fingerprint density at radius 3 is 2.61 bits per heavy atom. The third-order valence-corrected chi connectivity index (χ3v) is 7.55. The van der Waals surface area contributed by atoms with Crippen LogP contribution in [0.5, 0.6) is 0 Å². The van der Waals surface area contributed by atoms with Gasteiger partial charge in [-0.2, -0.15) is 0 Å². The highest BCUT2D eigenvalue weighted by Gasteiger charge is 2.43. The van der Waals surface area contributed by atoms with Gasteiger partial charge in [0.25, 0.3) is 0 Å². The summed E-state index contributed by atoms with van der Waals surface area (Å²) in [5.74, 6) is 1.20. The van der Waals surface area contributed by atoms with E-state index in [4.69, 9.17) is 0 Å². The number of rotatable bonds is 13. The minimum atomic E-state index is -0.530. The summed E-state index contributed by atoms with van der Waals surface area (Å²) < 4.78 is 0. The molecule has 1 amide bonds. The van der Waals surface area contributed by atoms with E-state index in [1.165, 1.54) is 11.1 Å². The van der Waals surface area contributed by atoms with Crippen LogP contribution >= 0.6 is 0 Å². The molecule has 5 atom stereocenters. The van der Waals surface area contributed by atoms with E-state index in [1.807, 2.05) is 6.07 Å². The molecule has 2 aliphatic rings. The van der Waals surface area contributed by atoms with Crippen LogP contribution in [0.1, 0.15) is 84.1 Å². The number of benzene rings is 1. The van der Waals surface area contributed by atoms with Gasteiger partial charge in [-0.3, -0.25) is 9.59 Å². The van der Waals surface area contributed by atoms with E-state index in [2.05, 4.69) is 56.4 Å². The summed E-state index contributed by atoms with van der Waals surface area (Å²) in [6.45, 7) is 6.58. The summed E-state index contributed by atoms with van der Waals surface area (Å²) >= 11 is 0. The van der Waals surface area contributed by atoms with Crippen molar-refractivity contribution < 1.29 is 14.7 Å². The smallest absolute Gasteiger partial charge is 0.220 e. The third kappa shape index (κ3) is 8.41. The van der Waals surface area contributed by atoms with Gasteiger partial charge >= 0.3 is 0 Å². The van der Waals surface area contributed by atoms with Gasteiger partial charge in [-0.15, -0.1) is 0 Å². The lowest BCUT2D eigenvalue weighted by molar-refractivity contribution is -0.123. The SMILES string of the molecule is C/C(=C/C[C@@H]1[C@@H]([C@@H](C)C[C@@H](C)CCc2ccccc2)C(=O)C[C@@H]1O)CCCC(=O)NC1CC1. The maximum absolute atomic E-state index is 12.8. The number of hydrogen-bond acceptors (Lipinski definition) is 3. The highest BCUT2D eigenvalue weighted by Crippen LogP contribution is 2.40. The lowest BCUT2D eigenvalue weighted by Gasteiger charge is -2.27. The molecular weight excluding hydrogens is 410 g/mol. The molecule has 0 aliphatic heterocycles. The van der Waals surface area contributed by atoms with Crippen LogP contribution in [0.2, 0.25) is 0 Å². The first-order chi connectivity index (χ1) is 15.8. The summed E-state index contributed by atoms with van der Waals surface area (Å²) in [6, 6.07) is 11.0. The van der Waals surface area contributed by atoms with Crippen molar-refractivity contribution >= 4 is 11.7 Å². The Morgan fingerprint density at radius 1 is 1.18 bits per heavy atom. The average molecular weight is 454 g/mol. The van der Waals surface area contributed by atoms with Gasteiger partial charge < -0.3 is 10.4 Å². The lowest BCUT2D eigenvalue weighted by Crippen LogP contribution is -2.27. The maximum Gasteiger partial charge on any atom is 0.220 e. The Hall–Kier alpha value is -1.94. The molecule has 0 radical (unpaired) electrons. The number of allylic oxidation sites excluding steroid dienone is 2. The van der Waals surface area contributed by atoms with Crippen molar-refractivity contribution in [3.8, 4) is 0 Å². The van der Waals surface area contributed by atoms with Gasteiger partial charge in [0.05, 0.1) is 6.10 Å². The molecule has 2 aliphatic carbocycles. The molecule has 0 heterocycles. The second-order valence-corrected chi connectivity index (χ2v) is 10.8. The van der Waals surface area contributed by atoms with E-state index in [0.29, 0.717) is 24.8 Å². The summed E-state index contributed by atoms with van der Waals surface area (Å²) in [6.07, 6.45) is 10.5. The fraction of sp³-hybridized carbons (Fsp3) is 0.655. The second-order valence-electron chi connectivity index (χ2n) is 10.8. The number of aryl methyl sites for hydroxylation is 1. The number of ketones is 1. The van der Waals surface area contributed by atoms with Crippen LogP contribution in [0.4, 0.5) is 0 Å². The predicted octanol–water partition coefficient (Wildman–Crippen LogP) is 5.63. The van der Waals surface area contributed by atoms with Crippen LogP contribution < -0.4 is 5.32 Å². The standard InChI is InChI=1S/C29H43NO3/c1-20(8-7-11-28(33)30-24-15-16-24)13-17-25-26(31)19-27(32)29(25)22(3)18-21(2)12-14-23-9-5-4-6-10-23/h4-6,9-10,13,21-22,24-26,29,31H,7-8,11-12,14-19H2,1-3H3,(H,30,33)/b20-13-/t21-,22-,25-,26-,29+/m0/s1. The first-order valence-corrected chi connectivity index (χ1v) is 13.0. The predicted molar refractivity (Wildman–Crippen MR) is 134 cm³/mol. The zero-order chi connectivity index (χ0) is 23.8. The molecule has 182 valence electrons. The Labute approximate surface area is 200 Å². The Balaban J connectivity index is 1.45. The molecule has 1 aromatic carbocycles. The highest BCUT2D eigenvalue weighted by atomic mass is 16.3. The van der Waals surface area contributed by atoms with Crippen LogP contribution in [-0.2, 0) is 16.0 Å². The molecule has 2 saturated carbocycles. The zero-order valence-corrected chi connectivity index (χ0v) is 20.8. The van der Waals surface area contributed by atoms with Crippen LogP contribution in [0.15, 0.2) is 42.0 Å². The van der Waals surface area contributed by atoms with E-state index in [9.17, 15) is 14.7 Å². The molecule has 33 heavy (non-hydrogen) atoms. The number of hydrogen-bond donors (Lipinski definition) is 2. The quantitative estimate of drug-likeness (QED) is 0.380. The number of aliphatic hydroxyl groups excluding tert-OH is 1. The third-order valence-electron chi connectivity index (χ3n) is 7.55.